The van der Waals surface area contributed by atoms with E-state index in [2.05, 4.69) is 47.3 Å². The molecular formula is C21H31IN4O2S. The maximum Gasteiger partial charge on any atom is 0.251 e. The number of amides is 1. The lowest BCUT2D eigenvalue weighted by molar-refractivity contribution is 0.0953. The zero-order valence-corrected chi connectivity index (χ0v) is 20.3. The van der Waals surface area contributed by atoms with Crippen molar-refractivity contribution in [2.24, 2.45) is 4.99 Å². The molecule has 1 amide bonds. The minimum atomic E-state index is -0.186. The van der Waals surface area contributed by atoms with Crippen LogP contribution < -0.4 is 16.0 Å². The highest BCUT2D eigenvalue weighted by atomic mass is 127. The number of rotatable bonds is 9. The fraction of sp³-hybridized carbons (Fsp3) is 0.429. The molecule has 0 spiro atoms. The summed E-state index contributed by atoms with van der Waals surface area (Å²) in [7, 11) is 0. The van der Waals surface area contributed by atoms with Crippen molar-refractivity contribution in [1.29, 1.82) is 0 Å². The molecule has 1 aromatic carbocycles. The molecular weight excluding hydrogens is 499 g/mol. The first-order valence-corrected chi connectivity index (χ1v) is 10.4. The monoisotopic (exact) mass is 530 g/mol. The number of guanidine groups is 1. The van der Waals surface area contributed by atoms with Gasteiger partial charge in [0.2, 0.25) is 0 Å². The number of nitrogens with zero attached hydrogens (tertiary/aromatic N) is 1. The van der Waals surface area contributed by atoms with Crippen molar-refractivity contribution in [3.8, 4) is 5.75 Å². The van der Waals surface area contributed by atoms with Crippen LogP contribution in [0.3, 0.4) is 0 Å². The zero-order valence-electron chi connectivity index (χ0n) is 17.2. The number of halogens is 1. The molecule has 0 atom stereocenters. The molecule has 1 aromatic heterocycles. The normalized spacial score (nSPS) is 11.5. The molecule has 2 aromatic rings. The summed E-state index contributed by atoms with van der Waals surface area (Å²) < 4.78 is 0. The Morgan fingerprint density at radius 2 is 1.90 bits per heavy atom. The van der Waals surface area contributed by atoms with Gasteiger partial charge in [0.1, 0.15) is 5.75 Å². The maximum atomic E-state index is 12.0. The predicted molar refractivity (Wildman–Crippen MR) is 132 cm³/mol. The van der Waals surface area contributed by atoms with Crippen molar-refractivity contribution in [2.75, 3.05) is 26.2 Å². The molecule has 1 heterocycles. The Morgan fingerprint density at radius 3 is 2.55 bits per heavy atom. The van der Waals surface area contributed by atoms with Gasteiger partial charge in [0.25, 0.3) is 5.91 Å². The van der Waals surface area contributed by atoms with E-state index in [9.17, 15) is 9.90 Å². The van der Waals surface area contributed by atoms with Gasteiger partial charge in [-0.3, -0.25) is 9.79 Å². The molecule has 160 valence electrons. The standard InChI is InChI=1S/C21H30N4O2S.HI/c1-4-22-20(25-15-21(2,3)18-10-6-13-28-18)24-12-7-11-23-19(27)16-8-5-9-17(26)14-16;/h5-6,8-10,13-14,26H,4,7,11-12,15H2,1-3H3,(H,23,27)(H2,22,24,25);1H. The van der Waals surface area contributed by atoms with Crippen LogP contribution in [0, 0.1) is 0 Å². The summed E-state index contributed by atoms with van der Waals surface area (Å²) in [5.74, 6) is 0.687. The lowest BCUT2D eigenvalue weighted by Crippen LogP contribution is -2.39. The van der Waals surface area contributed by atoms with E-state index < -0.39 is 0 Å². The van der Waals surface area contributed by atoms with Crippen LogP contribution in [-0.2, 0) is 5.41 Å². The zero-order chi connectivity index (χ0) is 20.4. The highest BCUT2D eigenvalue weighted by Crippen LogP contribution is 2.27. The van der Waals surface area contributed by atoms with Gasteiger partial charge in [0, 0.05) is 35.5 Å². The van der Waals surface area contributed by atoms with E-state index in [-0.39, 0.29) is 41.0 Å². The smallest absolute Gasteiger partial charge is 0.251 e. The third-order valence-corrected chi connectivity index (χ3v) is 5.44. The number of phenols is 1. The fourth-order valence-electron chi connectivity index (χ4n) is 2.61. The van der Waals surface area contributed by atoms with Crippen LogP contribution in [0.1, 0.15) is 42.4 Å². The Labute approximate surface area is 194 Å². The molecule has 0 saturated heterocycles. The molecule has 6 nitrogen and oxygen atoms in total. The van der Waals surface area contributed by atoms with Crippen LogP contribution in [0.4, 0.5) is 0 Å². The van der Waals surface area contributed by atoms with Gasteiger partial charge in [-0.1, -0.05) is 26.0 Å². The van der Waals surface area contributed by atoms with Crippen molar-refractivity contribution in [2.45, 2.75) is 32.6 Å². The van der Waals surface area contributed by atoms with Gasteiger partial charge in [-0.25, -0.2) is 0 Å². The van der Waals surface area contributed by atoms with Gasteiger partial charge in [0.05, 0.1) is 6.54 Å². The molecule has 0 bridgehead atoms. The molecule has 0 unspecified atom stereocenters. The second kappa shape index (κ2) is 12.7. The molecule has 0 aliphatic heterocycles. The van der Waals surface area contributed by atoms with Gasteiger partial charge in [-0.15, -0.1) is 35.3 Å². The average molecular weight is 530 g/mol. The van der Waals surface area contributed by atoms with Crippen LogP contribution in [0.5, 0.6) is 5.75 Å². The molecule has 4 N–H and O–H groups in total. The van der Waals surface area contributed by atoms with Crippen molar-refractivity contribution >= 4 is 47.2 Å². The number of carbonyl (C=O) groups excluding carboxylic acids is 1. The Balaban J connectivity index is 0.00000420. The number of aromatic hydroxyl groups is 1. The topological polar surface area (TPSA) is 85.8 Å². The Hall–Kier alpha value is -1.81. The fourth-order valence-corrected chi connectivity index (χ4v) is 3.45. The number of aliphatic imine (C=N–C) groups is 1. The molecule has 0 aliphatic carbocycles. The van der Waals surface area contributed by atoms with Gasteiger partial charge >= 0.3 is 0 Å². The molecule has 0 fully saturated rings. The average Bonchev–Trinajstić information content (AvgIpc) is 3.21. The molecule has 0 saturated carbocycles. The van der Waals surface area contributed by atoms with E-state index in [4.69, 9.17) is 4.99 Å². The quantitative estimate of drug-likeness (QED) is 0.172. The van der Waals surface area contributed by atoms with Crippen LogP contribution in [0.15, 0.2) is 46.8 Å². The molecule has 8 heteroatoms. The number of hydrogen-bond acceptors (Lipinski definition) is 4. The summed E-state index contributed by atoms with van der Waals surface area (Å²) in [6.45, 7) is 9.16. The SMILES string of the molecule is CCNC(=NCC(C)(C)c1cccs1)NCCCNC(=O)c1cccc(O)c1.I. The van der Waals surface area contributed by atoms with Crippen molar-refractivity contribution in [3.05, 3.63) is 52.2 Å². The summed E-state index contributed by atoms with van der Waals surface area (Å²) in [5.41, 5.74) is 0.449. The van der Waals surface area contributed by atoms with E-state index >= 15 is 0 Å². The minimum absolute atomic E-state index is 0. The maximum absolute atomic E-state index is 12.0. The van der Waals surface area contributed by atoms with Gasteiger partial charge < -0.3 is 21.1 Å². The van der Waals surface area contributed by atoms with E-state index in [1.54, 1.807) is 29.5 Å². The van der Waals surface area contributed by atoms with E-state index in [0.717, 1.165) is 18.9 Å². The van der Waals surface area contributed by atoms with E-state index in [1.807, 2.05) is 6.92 Å². The second-order valence-corrected chi connectivity index (χ2v) is 8.09. The van der Waals surface area contributed by atoms with Crippen LogP contribution in [-0.4, -0.2) is 43.2 Å². The highest BCUT2D eigenvalue weighted by molar-refractivity contribution is 14.0. The number of benzene rings is 1. The van der Waals surface area contributed by atoms with Crippen LogP contribution in [0.2, 0.25) is 0 Å². The number of carbonyl (C=O) groups is 1. The molecule has 0 aliphatic rings. The van der Waals surface area contributed by atoms with Gasteiger partial charge in [-0.2, -0.15) is 0 Å². The Morgan fingerprint density at radius 1 is 1.14 bits per heavy atom. The summed E-state index contributed by atoms with van der Waals surface area (Å²) >= 11 is 1.76. The van der Waals surface area contributed by atoms with Crippen molar-refractivity contribution < 1.29 is 9.90 Å². The van der Waals surface area contributed by atoms with Crippen LogP contribution >= 0.6 is 35.3 Å². The Bertz CT molecular complexity index is 779. The van der Waals surface area contributed by atoms with Crippen molar-refractivity contribution in [3.63, 3.8) is 0 Å². The predicted octanol–water partition coefficient (Wildman–Crippen LogP) is 3.72. The second-order valence-electron chi connectivity index (χ2n) is 7.14. The van der Waals surface area contributed by atoms with E-state index in [0.29, 0.717) is 25.2 Å². The largest absolute Gasteiger partial charge is 0.508 e. The lowest BCUT2D eigenvalue weighted by atomic mass is 9.92. The first-order chi connectivity index (χ1) is 13.4. The van der Waals surface area contributed by atoms with Crippen LogP contribution in [0.25, 0.3) is 0 Å². The third kappa shape index (κ3) is 8.61. The molecule has 0 radical (unpaired) electrons. The van der Waals surface area contributed by atoms with E-state index in [1.165, 1.54) is 10.9 Å². The lowest BCUT2D eigenvalue weighted by Gasteiger charge is -2.21. The number of phenolic OH excluding ortho intramolecular Hbond substituents is 1. The molecule has 2 rings (SSSR count). The summed E-state index contributed by atoms with van der Waals surface area (Å²) in [6.07, 6.45) is 0.767. The first-order valence-electron chi connectivity index (χ1n) is 9.56. The van der Waals surface area contributed by atoms with Crippen molar-refractivity contribution in [1.82, 2.24) is 16.0 Å². The summed E-state index contributed by atoms with van der Waals surface area (Å²) in [4.78, 5) is 18.1. The minimum Gasteiger partial charge on any atom is -0.508 e. The number of thiophene rings is 1. The van der Waals surface area contributed by atoms with Gasteiger partial charge in [0.15, 0.2) is 5.96 Å². The highest BCUT2D eigenvalue weighted by Gasteiger charge is 2.21. The molecule has 29 heavy (non-hydrogen) atoms. The first kappa shape index (κ1) is 25.2. The Kier molecular flexibility index (Phi) is 11.0. The third-order valence-electron chi connectivity index (χ3n) is 4.20. The summed E-state index contributed by atoms with van der Waals surface area (Å²) in [6, 6.07) is 10.6. The summed E-state index contributed by atoms with van der Waals surface area (Å²) in [5, 5.41) is 21.0. The number of hydrogen-bond donors (Lipinski definition) is 4. The van der Waals surface area contributed by atoms with Gasteiger partial charge in [-0.05, 0) is 43.0 Å². The number of nitrogens with one attached hydrogen (secondary N) is 3.